The van der Waals surface area contributed by atoms with Gasteiger partial charge in [0.1, 0.15) is 18.0 Å². The summed E-state index contributed by atoms with van der Waals surface area (Å²) >= 11 is 0. The van der Waals surface area contributed by atoms with E-state index in [4.69, 9.17) is 5.73 Å². The largest absolute Gasteiger partial charge is 0.383 e. The maximum absolute atomic E-state index is 5.90. The van der Waals surface area contributed by atoms with Gasteiger partial charge < -0.3 is 5.73 Å². The van der Waals surface area contributed by atoms with Gasteiger partial charge in [-0.15, -0.1) is 0 Å². The monoisotopic (exact) mass is 229 g/mol. The average molecular weight is 229 g/mol. The minimum Gasteiger partial charge on any atom is -0.383 e. The summed E-state index contributed by atoms with van der Waals surface area (Å²) in [4.78, 5) is 16.8. The number of aryl methyl sites for hydroxylation is 1. The van der Waals surface area contributed by atoms with Gasteiger partial charge in [0.05, 0.1) is 5.69 Å². The molecule has 0 radical (unpaired) electrons. The lowest BCUT2D eigenvalue weighted by Gasteiger charge is -2.09. The van der Waals surface area contributed by atoms with Gasteiger partial charge in [0.15, 0.2) is 0 Å². The summed E-state index contributed by atoms with van der Waals surface area (Å²) in [5.41, 5.74) is 8.46. The van der Waals surface area contributed by atoms with E-state index in [9.17, 15) is 0 Å². The summed E-state index contributed by atoms with van der Waals surface area (Å²) in [5, 5.41) is 0. The van der Waals surface area contributed by atoms with Crippen molar-refractivity contribution in [3.05, 3.63) is 30.1 Å². The van der Waals surface area contributed by atoms with Gasteiger partial charge in [-0.05, 0) is 13.3 Å². The normalized spacial score (nSPS) is 10.5. The molecule has 0 amide bonds. The molecule has 0 bridgehead atoms. The molecule has 0 aliphatic rings. The van der Waals surface area contributed by atoms with Crippen LogP contribution in [0.2, 0.25) is 0 Å². The van der Waals surface area contributed by atoms with Crippen LogP contribution in [-0.4, -0.2) is 19.9 Å². The van der Waals surface area contributed by atoms with Crippen molar-refractivity contribution >= 4 is 5.82 Å². The molecule has 2 aromatic heterocycles. The van der Waals surface area contributed by atoms with Gasteiger partial charge in [0.2, 0.25) is 0 Å². The van der Waals surface area contributed by atoms with Crippen molar-refractivity contribution in [3.8, 4) is 11.3 Å². The molecule has 0 saturated heterocycles. The predicted octanol–water partition coefficient (Wildman–Crippen LogP) is 1.78. The van der Waals surface area contributed by atoms with Gasteiger partial charge in [0.25, 0.3) is 0 Å². The molecule has 0 atom stereocenters. The van der Waals surface area contributed by atoms with Crippen LogP contribution < -0.4 is 5.73 Å². The number of aromatic nitrogens is 4. The van der Waals surface area contributed by atoms with E-state index in [1.165, 1.54) is 6.33 Å². The Labute approximate surface area is 100 Å². The van der Waals surface area contributed by atoms with E-state index in [0.29, 0.717) is 5.82 Å². The first-order valence-corrected chi connectivity index (χ1v) is 5.60. The fraction of sp³-hybridized carbons (Fsp3) is 0.333. The van der Waals surface area contributed by atoms with E-state index in [-0.39, 0.29) is 0 Å². The van der Waals surface area contributed by atoms with Crippen molar-refractivity contribution in [2.45, 2.75) is 26.7 Å². The minimum atomic E-state index is 0.530. The lowest BCUT2D eigenvalue weighted by atomic mass is 10.1. The summed E-state index contributed by atoms with van der Waals surface area (Å²) in [6.07, 6.45) is 6.78. The van der Waals surface area contributed by atoms with E-state index < -0.39 is 0 Å². The predicted molar refractivity (Wildman–Crippen MR) is 66.2 cm³/mol. The minimum absolute atomic E-state index is 0.530. The van der Waals surface area contributed by atoms with Gasteiger partial charge >= 0.3 is 0 Å². The fourth-order valence-electron chi connectivity index (χ4n) is 1.62. The van der Waals surface area contributed by atoms with Crippen LogP contribution in [-0.2, 0) is 6.42 Å². The highest BCUT2D eigenvalue weighted by molar-refractivity contribution is 5.65. The maximum Gasteiger partial charge on any atom is 0.131 e. The Morgan fingerprint density at radius 3 is 2.53 bits per heavy atom. The smallest absolute Gasteiger partial charge is 0.131 e. The maximum atomic E-state index is 5.90. The van der Waals surface area contributed by atoms with Gasteiger partial charge in [-0.1, -0.05) is 6.92 Å². The van der Waals surface area contributed by atoms with Crippen molar-refractivity contribution in [2.24, 2.45) is 0 Å². The lowest BCUT2D eigenvalue weighted by molar-refractivity contribution is 0.836. The summed E-state index contributed by atoms with van der Waals surface area (Å²) in [6, 6.07) is 0. The summed E-state index contributed by atoms with van der Waals surface area (Å²) in [6.45, 7) is 4.00. The summed E-state index contributed by atoms with van der Waals surface area (Å²) < 4.78 is 0. The third-order valence-electron chi connectivity index (χ3n) is 2.54. The van der Waals surface area contributed by atoms with Crippen LogP contribution in [0.3, 0.4) is 0 Å². The highest BCUT2D eigenvalue weighted by atomic mass is 15.0. The van der Waals surface area contributed by atoms with Crippen LogP contribution in [0.5, 0.6) is 0 Å². The summed E-state index contributed by atoms with van der Waals surface area (Å²) in [5.74, 6) is 1.30. The van der Waals surface area contributed by atoms with Gasteiger partial charge in [0, 0.05) is 29.9 Å². The molecule has 0 aliphatic heterocycles. The first-order valence-electron chi connectivity index (χ1n) is 5.60. The molecule has 0 spiro atoms. The van der Waals surface area contributed by atoms with E-state index in [1.807, 2.05) is 6.92 Å². The number of nitrogen functional groups attached to an aromatic ring is 1. The van der Waals surface area contributed by atoms with Gasteiger partial charge in [-0.3, -0.25) is 0 Å². The molecule has 0 fully saturated rings. The fourth-order valence-corrected chi connectivity index (χ4v) is 1.62. The molecule has 88 valence electrons. The van der Waals surface area contributed by atoms with Crippen LogP contribution in [0.1, 0.15) is 24.7 Å². The number of hydrogen-bond acceptors (Lipinski definition) is 5. The first-order chi connectivity index (χ1) is 8.22. The quantitative estimate of drug-likeness (QED) is 0.868. The van der Waals surface area contributed by atoms with E-state index in [1.54, 1.807) is 12.4 Å². The standard InChI is InChI=1S/C12H15N5/c1-3-4-10-16-11(8(2)12(13)17-10)9-5-14-7-15-6-9/h5-7H,3-4H2,1-2H3,(H2,13,16,17). The molecule has 0 unspecified atom stereocenters. The number of anilines is 1. The zero-order valence-electron chi connectivity index (χ0n) is 10.0. The van der Waals surface area contributed by atoms with Gasteiger partial charge in [-0.25, -0.2) is 19.9 Å². The molecule has 5 nitrogen and oxygen atoms in total. The zero-order valence-corrected chi connectivity index (χ0v) is 10.0. The molecule has 2 rings (SSSR count). The van der Waals surface area contributed by atoms with Crippen LogP contribution in [0, 0.1) is 6.92 Å². The van der Waals surface area contributed by atoms with Crippen molar-refractivity contribution in [3.63, 3.8) is 0 Å². The van der Waals surface area contributed by atoms with Crippen LogP contribution in [0.25, 0.3) is 11.3 Å². The van der Waals surface area contributed by atoms with Crippen LogP contribution >= 0.6 is 0 Å². The second-order valence-electron chi connectivity index (χ2n) is 3.88. The number of nitrogens with zero attached hydrogens (tertiary/aromatic N) is 4. The second kappa shape index (κ2) is 4.86. The van der Waals surface area contributed by atoms with Crippen LogP contribution in [0.15, 0.2) is 18.7 Å². The molecule has 17 heavy (non-hydrogen) atoms. The van der Waals surface area contributed by atoms with E-state index in [0.717, 1.165) is 35.5 Å². The van der Waals surface area contributed by atoms with E-state index >= 15 is 0 Å². The van der Waals surface area contributed by atoms with Gasteiger partial charge in [-0.2, -0.15) is 0 Å². The third kappa shape index (κ3) is 2.38. The first kappa shape index (κ1) is 11.4. The molecule has 2 N–H and O–H groups in total. The average Bonchev–Trinajstić information content (AvgIpc) is 2.35. The molecule has 0 saturated carbocycles. The highest BCUT2D eigenvalue weighted by Crippen LogP contribution is 2.23. The topological polar surface area (TPSA) is 77.6 Å². The number of hydrogen-bond donors (Lipinski definition) is 1. The third-order valence-corrected chi connectivity index (χ3v) is 2.54. The Hall–Kier alpha value is -2.04. The Morgan fingerprint density at radius 1 is 1.18 bits per heavy atom. The van der Waals surface area contributed by atoms with Crippen molar-refractivity contribution in [1.29, 1.82) is 0 Å². The second-order valence-corrected chi connectivity index (χ2v) is 3.88. The Balaban J connectivity index is 2.53. The Kier molecular flexibility index (Phi) is 3.27. The molecule has 0 aromatic carbocycles. The van der Waals surface area contributed by atoms with Crippen molar-refractivity contribution in [2.75, 3.05) is 5.73 Å². The lowest BCUT2D eigenvalue weighted by Crippen LogP contribution is -2.05. The van der Waals surface area contributed by atoms with Crippen molar-refractivity contribution in [1.82, 2.24) is 19.9 Å². The zero-order chi connectivity index (χ0) is 12.3. The summed E-state index contributed by atoms with van der Waals surface area (Å²) in [7, 11) is 0. The Bertz CT molecular complexity index is 510. The van der Waals surface area contributed by atoms with E-state index in [2.05, 4.69) is 26.9 Å². The van der Waals surface area contributed by atoms with Crippen LogP contribution in [0.4, 0.5) is 5.82 Å². The van der Waals surface area contributed by atoms with Crippen molar-refractivity contribution < 1.29 is 0 Å². The molecule has 5 heteroatoms. The molecular formula is C12H15N5. The number of nitrogens with two attached hydrogens (primary N) is 1. The molecular weight excluding hydrogens is 214 g/mol. The highest BCUT2D eigenvalue weighted by Gasteiger charge is 2.10. The molecule has 2 heterocycles. The molecule has 2 aromatic rings. The number of rotatable bonds is 3. The Morgan fingerprint density at radius 2 is 1.88 bits per heavy atom. The molecule has 0 aliphatic carbocycles. The SMILES string of the molecule is CCCc1nc(N)c(C)c(-c2cncnc2)n1.